The molecule has 8 heteroatoms. The van der Waals surface area contributed by atoms with Gasteiger partial charge in [-0.15, -0.1) is 0 Å². The van der Waals surface area contributed by atoms with Crippen molar-refractivity contribution in [2.45, 2.75) is 25.2 Å². The largest absolute Gasteiger partial charge is 0.494 e. The lowest BCUT2D eigenvalue weighted by molar-refractivity contribution is 0.0950. The molecule has 0 heterocycles. The molecule has 32 heavy (non-hydrogen) atoms. The summed E-state index contributed by atoms with van der Waals surface area (Å²) in [6.07, 6.45) is 0.589. The van der Waals surface area contributed by atoms with Crippen molar-refractivity contribution in [3.8, 4) is 5.75 Å². The fourth-order valence-electron chi connectivity index (χ4n) is 3.03. The first-order valence-electron chi connectivity index (χ1n) is 10.1. The number of halogens is 1. The molecule has 0 aliphatic heterocycles. The summed E-state index contributed by atoms with van der Waals surface area (Å²) < 4.78 is 47.1. The zero-order valence-corrected chi connectivity index (χ0v) is 18.7. The van der Waals surface area contributed by atoms with Crippen LogP contribution in [0.3, 0.4) is 0 Å². The fourth-order valence-corrected chi connectivity index (χ4v) is 4.12. The zero-order chi connectivity index (χ0) is 23.1. The van der Waals surface area contributed by atoms with Crippen LogP contribution >= 0.6 is 0 Å². The van der Waals surface area contributed by atoms with Gasteiger partial charge in [0.2, 0.25) is 0 Å². The molecule has 0 saturated carbocycles. The Hall–Kier alpha value is -3.39. The highest BCUT2D eigenvalue weighted by molar-refractivity contribution is 7.92. The lowest BCUT2D eigenvalue weighted by Crippen LogP contribution is -2.26. The third kappa shape index (κ3) is 6.07. The van der Waals surface area contributed by atoms with E-state index in [1.165, 1.54) is 30.3 Å². The Morgan fingerprint density at radius 3 is 2.53 bits per heavy atom. The second-order valence-corrected chi connectivity index (χ2v) is 9.02. The molecule has 0 spiro atoms. The topological polar surface area (TPSA) is 84.5 Å². The molecule has 1 amide bonds. The van der Waals surface area contributed by atoms with E-state index in [1.54, 1.807) is 13.0 Å². The Morgan fingerprint density at radius 2 is 1.78 bits per heavy atom. The zero-order valence-electron chi connectivity index (χ0n) is 17.9. The van der Waals surface area contributed by atoms with Crippen molar-refractivity contribution in [2.75, 3.05) is 17.9 Å². The molecule has 0 unspecified atom stereocenters. The summed E-state index contributed by atoms with van der Waals surface area (Å²) in [4.78, 5) is 12.5. The quantitative estimate of drug-likeness (QED) is 0.466. The number of aryl methyl sites for hydroxylation is 2. The van der Waals surface area contributed by atoms with E-state index in [-0.39, 0.29) is 22.1 Å². The number of ether oxygens (including phenoxy) is 1. The molecule has 3 rings (SSSR count). The monoisotopic (exact) mass is 456 g/mol. The van der Waals surface area contributed by atoms with Crippen LogP contribution in [0.5, 0.6) is 5.75 Å². The molecule has 0 aliphatic carbocycles. The molecule has 168 valence electrons. The van der Waals surface area contributed by atoms with Gasteiger partial charge in [0.05, 0.1) is 17.2 Å². The second-order valence-electron chi connectivity index (χ2n) is 7.34. The van der Waals surface area contributed by atoms with Crippen LogP contribution in [0.1, 0.15) is 27.9 Å². The first kappa shape index (κ1) is 23.3. The molecule has 3 aromatic rings. The highest BCUT2D eigenvalue weighted by atomic mass is 32.2. The van der Waals surface area contributed by atoms with E-state index in [0.29, 0.717) is 25.1 Å². The Kier molecular flexibility index (Phi) is 7.48. The van der Waals surface area contributed by atoms with Crippen molar-refractivity contribution in [1.29, 1.82) is 0 Å². The molecule has 0 bridgehead atoms. The third-order valence-corrected chi connectivity index (χ3v) is 6.11. The van der Waals surface area contributed by atoms with E-state index in [9.17, 15) is 17.6 Å². The SMILES string of the molecule is Cc1cccc(OCCCNC(=O)c2cc(S(=O)(=O)Nc3ccccc3F)ccc2C)c1. The van der Waals surface area contributed by atoms with Gasteiger partial charge in [-0.05, 0) is 67.8 Å². The Balaban J connectivity index is 1.60. The Labute approximate surface area is 187 Å². The minimum atomic E-state index is -4.06. The van der Waals surface area contributed by atoms with Crippen LogP contribution < -0.4 is 14.8 Å². The predicted molar refractivity (Wildman–Crippen MR) is 122 cm³/mol. The van der Waals surface area contributed by atoms with Crippen molar-refractivity contribution in [3.05, 3.63) is 89.2 Å². The lowest BCUT2D eigenvalue weighted by atomic mass is 10.1. The fraction of sp³-hybridized carbons (Fsp3) is 0.208. The number of carbonyl (C=O) groups excluding carboxylic acids is 1. The minimum Gasteiger partial charge on any atom is -0.494 e. The molecule has 0 atom stereocenters. The molecule has 0 aromatic heterocycles. The van der Waals surface area contributed by atoms with Gasteiger partial charge < -0.3 is 10.1 Å². The molecule has 0 saturated heterocycles. The van der Waals surface area contributed by atoms with Crippen molar-refractivity contribution in [2.24, 2.45) is 0 Å². The van der Waals surface area contributed by atoms with Crippen molar-refractivity contribution in [1.82, 2.24) is 5.32 Å². The van der Waals surface area contributed by atoms with Crippen LogP contribution in [0.2, 0.25) is 0 Å². The van der Waals surface area contributed by atoms with Gasteiger partial charge in [0.1, 0.15) is 11.6 Å². The van der Waals surface area contributed by atoms with E-state index < -0.39 is 15.8 Å². The third-order valence-electron chi connectivity index (χ3n) is 4.75. The normalized spacial score (nSPS) is 11.1. The predicted octanol–water partition coefficient (Wildman–Crippen LogP) is 4.44. The molecule has 0 fully saturated rings. The number of rotatable bonds is 9. The summed E-state index contributed by atoms with van der Waals surface area (Å²) in [5, 5.41) is 2.78. The van der Waals surface area contributed by atoms with Crippen LogP contribution in [-0.2, 0) is 10.0 Å². The van der Waals surface area contributed by atoms with Crippen molar-refractivity contribution < 1.29 is 22.3 Å². The van der Waals surface area contributed by atoms with E-state index in [2.05, 4.69) is 10.0 Å². The van der Waals surface area contributed by atoms with E-state index in [1.807, 2.05) is 31.2 Å². The molecule has 0 aliphatic rings. The van der Waals surface area contributed by atoms with Crippen LogP contribution in [0.15, 0.2) is 71.6 Å². The summed E-state index contributed by atoms with van der Waals surface area (Å²) in [6.45, 7) is 4.50. The van der Waals surface area contributed by atoms with Crippen LogP contribution in [0, 0.1) is 19.7 Å². The van der Waals surface area contributed by atoms with Crippen LogP contribution in [0.4, 0.5) is 10.1 Å². The Morgan fingerprint density at radius 1 is 1.00 bits per heavy atom. The van der Waals surface area contributed by atoms with E-state index in [0.717, 1.165) is 17.4 Å². The van der Waals surface area contributed by atoms with Gasteiger partial charge in [-0.2, -0.15) is 0 Å². The number of amides is 1. The lowest BCUT2D eigenvalue weighted by Gasteiger charge is -2.12. The molecule has 6 nitrogen and oxygen atoms in total. The van der Waals surface area contributed by atoms with Gasteiger partial charge in [-0.1, -0.05) is 30.3 Å². The first-order chi connectivity index (χ1) is 15.3. The number of sulfonamides is 1. The molecule has 0 radical (unpaired) electrons. The van der Waals surface area contributed by atoms with Gasteiger partial charge in [-0.25, -0.2) is 12.8 Å². The number of hydrogen-bond acceptors (Lipinski definition) is 4. The van der Waals surface area contributed by atoms with Crippen molar-refractivity contribution >= 4 is 21.6 Å². The maximum absolute atomic E-state index is 13.8. The summed E-state index contributed by atoms with van der Waals surface area (Å²) in [5.74, 6) is -0.303. The Bertz CT molecular complexity index is 1210. The van der Waals surface area contributed by atoms with Gasteiger partial charge in [0.25, 0.3) is 15.9 Å². The van der Waals surface area contributed by atoms with E-state index >= 15 is 0 Å². The molecular formula is C24H25FN2O4S. The maximum Gasteiger partial charge on any atom is 0.262 e. The smallest absolute Gasteiger partial charge is 0.262 e. The number of para-hydroxylation sites is 1. The van der Waals surface area contributed by atoms with Crippen LogP contribution in [-0.4, -0.2) is 27.5 Å². The summed E-state index contributed by atoms with van der Waals surface area (Å²) in [6, 6.07) is 17.4. The number of benzene rings is 3. The molecule has 3 aromatic carbocycles. The number of anilines is 1. The van der Waals surface area contributed by atoms with Gasteiger partial charge in [0.15, 0.2) is 0 Å². The van der Waals surface area contributed by atoms with E-state index in [4.69, 9.17) is 4.74 Å². The number of carbonyl (C=O) groups is 1. The second kappa shape index (κ2) is 10.3. The van der Waals surface area contributed by atoms with Gasteiger partial charge in [-0.3, -0.25) is 9.52 Å². The minimum absolute atomic E-state index is 0.126. The summed E-state index contributed by atoms with van der Waals surface area (Å²) in [7, 11) is -4.06. The highest BCUT2D eigenvalue weighted by Crippen LogP contribution is 2.21. The highest BCUT2D eigenvalue weighted by Gasteiger charge is 2.19. The first-order valence-corrected chi connectivity index (χ1v) is 11.6. The van der Waals surface area contributed by atoms with Gasteiger partial charge in [0, 0.05) is 12.1 Å². The van der Waals surface area contributed by atoms with Gasteiger partial charge >= 0.3 is 0 Å². The standard InChI is InChI=1S/C24H25FN2O4S/c1-17-7-5-8-19(15-17)31-14-6-13-26-24(28)21-16-20(12-11-18(21)2)32(29,30)27-23-10-4-3-9-22(23)25/h3-5,7-12,15-16,27H,6,13-14H2,1-2H3,(H,26,28). The molecular weight excluding hydrogens is 431 g/mol. The molecule has 2 N–H and O–H groups in total. The summed E-state index contributed by atoms with van der Waals surface area (Å²) in [5.41, 5.74) is 1.81. The average Bonchev–Trinajstić information content (AvgIpc) is 2.75. The summed E-state index contributed by atoms with van der Waals surface area (Å²) >= 11 is 0. The van der Waals surface area contributed by atoms with Crippen LogP contribution in [0.25, 0.3) is 0 Å². The maximum atomic E-state index is 13.8. The average molecular weight is 457 g/mol. The number of nitrogens with one attached hydrogen (secondary N) is 2. The van der Waals surface area contributed by atoms with Crippen molar-refractivity contribution in [3.63, 3.8) is 0 Å². The number of hydrogen-bond donors (Lipinski definition) is 2.